The molecule has 0 saturated heterocycles. The van der Waals surface area contributed by atoms with Gasteiger partial charge in [0.2, 0.25) is 0 Å². The minimum absolute atomic E-state index is 0.592. The van der Waals surface area contributed by atoms with E-state index in [0.717, 1.165) is 27.8 Å². The Hall–Kier alpha value is -1.99. The normalized spacial score (nSPS) is 12.7. The molecule has 3 nitrogen and oxygen atoms in total. The van der Waals surface area contributed by atoms with Gasteiger partial charge in [-0.3, -0.25) is 0 Å². The van der Waals surface area contributed by atoms with Crippen molar-refractivity contribution in [2.24, 2.45) is 0 Å². The fourth-order valence-corrected chi connectivity index (χ4v) is 2.22. The summed E-state index contributed by atoms with van der Waals surface area (Å²) in [6.45, 7) is 3.17. The van der Waals surface area contributed by atoms with Gasteiger partial charge in [0.25, 0.3) is 0 Å². The molecule has 0 unspecified atom stereocenters. The van der Waals surface area contributed by atoms with Crippen molar-refractivity contribution < 1.29 is 9.47 Å². The second-order valence-electron chi connectivity index (χ2n) is 3.86. The van der Waals surface area contributed by atoms with Gasteiger partial charge < -0.3 is 9.47 Å². The molecule has 0 radical (unpaired) electrons. The number of fused-ring (bicyclic) bond motifs is 1. The van der Waals surface area contributed by atoms with Gasteiger partial charge in [-0.1, -0.05) is 5.92 Å². The van der Waals surface area contributed by atoms with Crippen LogP contribution >= 0.6 is 11.3 Å². The molecule has 0 N–H and O–H groups in total. The monoisotopic (exact) mass is 257 g/mol. The lowest BCUT2D eigenvalue weighted by Gasteiger charge is -2.17. The van der Waals surface area contributed by atoms with Crippen LogP contribution in [0.2, 0.25) is 0 Å². The summed E-state index contributed by atoms with van der Waals surface area (Å²) in [6, 6.07) is 5.73. The van der Waals surface area contributed by atoms with Crippen LogP contribution in [-0.2, 0) is 0 Å². The topological polar surface area (TPSA) is 31.4 Å². The molecule has 0 bridgehead atoms. The summed E-state index contributed by atoms with van der Waals surface area (Å²) >= 11 is 1.60. The Morgan fingerprint density at radius 3 is 2.78 bits per heavy atom. The largest absolute Gasteiger partial charge is 0.486 e. The van der Waals surface area contributed by atoms with Crippen LogP contribution in [-0.4, -0.2) is 18.2 Å². The van der Waals surface area contributed by atoms with Crippen LogP contribution in [0.4, 0.5) is 0 Å². The highest BCUT2D eigenvalue weighted by Gasteiger charge is 2.10. The van der Waals surface area contributed by atoms with Crippen LogP contribution in [0.3, 0.4) is 0 Å². The van der Waals surface area contributed by atoms with E-state index in [-0.39, 0.29) is 0 Å². The Bertz CT molecular complexity index is 637. The van der Waals surface area contributed by atoms with Crippen molar-refractivity contribution >= 4 is 11.3 Å². The molecule has 2 aromatic rings. The summed E-state index contributed by atoms with van der Waals surface area (Å²) in [7, 11) is 0. The first kappa shape index (κ1) is 11.1. The predicted octanol–water partition coefficient (Wildman–Crippen LogP) is 2.62. The van der Waals surface area contributed by atoms with Crippen molar-refractivity contribution in [3.8, 4) is 23.3 Å². The smallest absolute Gasteiger partial charge is 0.162 e. The first-order valence-electron chi connectivity index (χ1n) is 5.65. The van der Waals surface area contributed by atoms with Gasteiger partial charge in [0.15, 0.2) is 11.5 Å². The standard InChI is InChI=1S/C14H11NO2S/c1-10-15-12(9-18-10)4-2-11-3-5-13-14(8-11)17-7-6-16-13/h3,5,8-9H,6-7H2,1H3. The summed E-state index contributed by atoms with van der Waals surface area (Å²) in [5, 5.41) is 2.99. The number of aromatic nitrogens is 1. The van der Waals surface area contributed by atoms with Crippen molar-refractivity contribution in [2.45, 2.75) is 6.92 Å². The first-order chi connectivity index (χ1) is 8.81. The summed E-state index contributed by atoms with van der Waals surface area (Å²) in [6.07, 6.45) is 0. The number of hydrogen-bond acceptors (Lipinski definition) is 4. The highest BCUT2D eigenvalue weighted by atomic mass is 32.1. The molecular formula is C14H11NO2S. The van der Waals surface area contributed by atoms with Crippen LogP contribution in [0, 0.1) is 18.8 Å². The molecular weight excluding hydrogens is 246 g/mol. The first-order valence-corrected chi connectivity index (χ1v) is 6.53. The van der Waals surface area contributed by atoms with Crippen molar-refractivity contribution in [3.63, 3.8) is 0 Å². The number of nitrogens with zero attached hydrogens (tertiary/aromatic N) is 1. The van der Waals surface area contributed by atoms with E-state index >= 15 is 0 Å². The van der Waals surface area contributed by atoms with E-state index in [0.29, 0.717) is 13.2 Å². The van der Waals surface area contributed by atoms with E-state index in [4.69, 9.17) is 9.47 Å². The van der Waals surface area contributed by atoms with E-state index in [1.165, 1.54) is 0 Å². The predicted molar refractivity (Wildman–Crippen MR) is 70.3 cm³/mol. The van der Waals surface area contributed by atoms with E-state index < -0.39 is 0 Å². The number of benzene rings is 1. The molecule has 1 aliphatic rings. The molecule has 0 aliphatic carbocycles. The molecule has 1 aromatic carbocycles. The van der Waals surface area contributed by atoms with Crippen molar-refractivity contribution in [1.82, 2.24) is 4.98 Å². The molecule has 1 aromatic heterocycles. The number of aryl methyl sites for hydroxylation is 1. The van der Waals surface area contributed by atoms with Crippen molar-refractivity contribution in [1.29, 1.82) is 0 Å². The molecule has 1 aliphatic heterocycles. The minimum atomic E-state index is 0.592. The maximum Gasteiger partial charge on any atom is 0.162 e. The highest BCUT2D eigenvalue weighted by molar-refractivity contribution is 7.09. The Morgan fingerprint density at radius 1 is 1.17 bits per heavy atom. The zero-order chi connectivity index (χ0) is 12.4. The maximum atomic E-state index is 5.51. The third-order valence-corrected chi connectivity index (χ3v) is 3.27. The number of hydrogen-bond donors (Lipinski definition) is 0. The van der Waals surface area contributed by atoms with E-state index in [9.17, 15) is 0 Å². The third kappa shape index (κ3) is 2.31. The van der Waals surface area contributed by atoms with Gasteiger partial charge in [0, 0.05) is 10.9 Å². The van der Waals surface area contributed by atoms with Crippen molar-refractivity contribution in [2.75, 3.05) is 13.2 Å². The van der Waals surface area contributed by atoms with Gasteiger partial charge in [-0.2, -0.15) is 0 Å². The van der Waals surface area contributed by atoms with Gasteiger partial charge in [-0.05, 0) is 31.0 Å². The summed E-state index contributed by atoms with van der Waals surface area (Å²) < 4.78 is 11.0. The Labute approximate surface area is 109 Å². The lowest BCUT2D eigenvalue weighted by molar-refractivity contribution is 0.171. The van der Waals surface area contributed by atoms with Crippen LogP contribution < -0.4 is 9.47 Å². The summed E-state index contributed by atoms with van der Waals surface area (Å²) in [5.41, 5.74) is 1.72. The third-order valence-electron chi connectivity index (χ3n) is 2.50. The zero-order valence-corrected chi connectivity index (χ0v) is 10.7. The molecule has 0 atom stereocenters. The number of ether oxygens (including phenoxy) is 2. The molecule has 3 rings (SSSR count). The Balaban J connectivity index is 1.87. The zero-order valence-electron chi connectivity index (χ0n) is 9.90. The fraction of sp³-hybridized carbons (Fsp3) is 0.214. The van der Waals surface area contributed by atoms with Gasteiger partial charge >= 0.3 is 0 Å². The second-order valence-corrected chi connectivity index (χ2v) is 4.92. The quantitative estimate of drug-likeness (QED) is 0.680. The Kier molecular flexibility index (Phi) is 2.91. The molecule has 0 fully saturated rings. The van der Waals surface area contributed by atoms with Gasteiger partial charge in [-0.15, -0.1) is 11.3 Å². The fourth-order valence-electron chi connectivity index (χ4n) is 1.68. The van der Waals surface area contributed by atoms with Crippen LogP contribution in [0.5, 0.6) is 11.5 Å². The van der Waals surface area contributed by atoms with E-state index in [1.807, 2.05) is 30.5 Å². The number of thiazole rings is 1. The van der Waals surface area contributed by atoms with Crippen LogP contribution in [0.25, 0.3) is 0 Å². The molecule has 4 heteroatoms. The number of rotatable bonds is 0. The Morgan fingerprint density at radius 2 is 2.00 bits per heavy atom. The lowest BCUT2D eigenvalue weighted by atomic mass is 10.2. The van der Waals surface area contributed by atoms with E-state index in [1.54, 1.807) is 11.3 Å². The molecule has 90 valence electrons. The maximum absolute atomic E-state index is 5.51. The molecule has 0 amide bonds. The second kappa shape index (κ2) is 4.71. The average Bonchev–Trinajstić information content (AvgIpc) is 2.82. The molecule has 0 saturated carbocycles. The minimum Gasteiger partial charge on any atom is -0.486 e. The van der Waals surface area contributed by atoms with E-state index in [2.05, 4.69) is 16.8 Å². The summed E-state index contributed by atoms with van der Waals surface area (Å²) in [4.78, 5) is 4.30. The molecule has 18 heavy (non-hydrogen) atoms. The van der Waals surface area contributed by atoms with Crippen LogP contribution in [0.15, 0.2) is 23.6 Å². The lowest BCUT2D eigenvalue weighted by Crippen LogP contribution is -2.15. The summed E-state index contributed by atoms with van der Waals surface area (Å²) in [5.74, 6) is 7.68. The van der Waals surface area contributed by atoms with Gasteiger partial charge in [-0.25, -0.2) is 4.98 Å². The average molecular weight is 257 g/mol. The van der Waals surface area contributed by atoms with Gasteiger partial charge in [0.1, 0.15) is 18.9 Å². The van der Waals surface area contributed by atoms with Crippen LogP contribution in [0.1, 0.15) is 16.3 Å². The molecule has 0 spiro atoms. The highest BCUT2D eigenvalue weighted by Crippen LogP contribution is 2.30. The van der Waals surface area contributed by atoms with Crippen molar-refractivity contribution in [3.05, 3.63) is 39.8 Å². The van der Waals surface area contributed by atoms with Gasteiger partial charge in [0.05, 0.1) is 5.01 Å². The SMILES string of the molecule is Cc1nc(C#Cc2ccc3c(c2)OCCO3)cs1. The molecule has 2 heterocycles.